The number of carbonyl (C=O) groups is 2. The molecule has 10 N–H and O–H groups in total. The van der Waals surface area contributed by atoms with Gasteiger partial charge < -0.3 is 41.9 Å². The van der Waals surface area contributed by atoms with E-state index in [2.05, 4.69) is 79.7 Å². The highest BCUT2D eigenvalue weighted by atomic mass is 35.5. The molecule has 63 heavy (non-hydrogen) atoms. The van der Waals surface area contributed by atoms with E-state index >= 15 is 0 Å². The maximum Gasteiger partial charge on any atom is 0.359 e. The Kier molecular flexibility index (Phi) is 12.8. The average molecular weight is 930 g/mol. The third-order valence-electron chi connectivity index (χ3n) is 8.21. The van der Waals surface area contributed by atoms with Gasteiger partial charge in [0.05, 0.1) is 7.11 Å². The number of carbonyl (C=O) groups excluding carboxylic acids is 2. The first-order valence-corrected chi connectivity index (χ1v) is 19.3. The number of hydrogen-bond donors (Lipinski definition) is 7. The molecule has 318 valence electrons. The van der Waals surface area contributed by atoms with Gasteiger partial charge in [0.1, 0.15) is 33.7 Å². The van der Waals surface area contributed by atoms with Crippen LogP contribution in [-0.4, -0.2) is 98.7 Å². The Balaban J connectivity index is 0.000000129. The molecule has 2 aromatic carbocycles. The number of aryl methyl sites for hydroxylation is 2. The number of primary amides is 1. The Morgan fingerprint density at radius 1 is 0.508 bits per heavy atom. The van der Waals surface area contributed by atoms with E-state index in [1.807, 2.05) is 67.6 Å². The van der Waals surface area contributed by atoms with Gasteiger partial charge in [-0.2, -0.15) is 19.9 Å². The number of amides is 1. The van der Waals surface area contributed by atoms with Crippen molar-refractivity contribution < 1.29 is 14.3 Å². The van der Waals surface area contributed by atoms with Crippen LogP contribution in [0.25, 0.3) is 67.4 Å². The summed E-state index contributed by atoms with van der Waals surface area (Å²) in [5.74, 6) is 1.47. The molecule has 0 unspecified atom stereocenters. The van der Waals surface area contributed by atoms with Gasteiger partial charge in [-0.05, 0) is 37.0 Å². The normalized spacial score (nSPS) is 10.8. The van der Waals surface area contributed by atoms with E-state index in [0.29, 0.717) is 67.3 Å². The summed E-state index contributed by atoms with van der Waals surface area (Å²) < 4.78 is 4.77. The zero-order valence-electron chi connectivity index (χ0n) is 32.6. The minimum atomic E-state index is -0.659. The molecule has 0 saturated carbocycles. The Morgan fingerprint density at radius 3 is 1.40 bits per heavy atom. The quantitative estimate of drug-likeness (QED) is 0.0602. The highest BCUT2D eigenvalue weighted by molar-refractivity contribution is 6.35. The number of nitrogens with two attached hydrogens (primary N) is 3. The molecule has 0 atom stereocenters. The summed E-state index contributed by atoms with van der Waals surface area (Å²) in [7, 11) is 1.32. The van der Waals surface area contributed by atoms with Crippen molar-refractivity contribution >= 4 is 115 Å². The zero-order chi connectivity index (χ0) is 44.9. The number of benzene rings is 2. The lowest BCUT2D eigenvalue weighted by Crippen LogP contribution is -2.15. The van der Waals surface area contributed by atoms with Crippen molar-refractivity contribution in [3.63, 3.8) is 0 Å². The van der Waals surface area contributed by atoms with Crippen molar-refractivity contribution in [2.75, 3.05) is 18.6 Å². The van der Waals surface area contributed by atoms with Gasteiger partial charge in [0.15, 0.2) is 67.8 Å². The SMILES string of the molecule is COC(=O)c1nc(-c2ccccc2)nc2nc(C)[nH]c12.Cc1nc2nc(Cl)nc(Cl)c2[nH]1.NC(=O)c1nc(-c2ccccc2)nc2nc(N)[nH]c12.Nc1nc2nc(Cl)nc(Cl)c2[nH]1. The van der Waals surface area contributed by atoms with Crippen LogP contribution < -0.4 is 17.2 Å². The minimum absolute atomic E-state index is 0.0546. The van der Waals surface area contributed by atoms with Crippen LogP contribution in [-0.2, 0) is 4.74 Å². The summed E-state index contributed by atoms with van der Waals surface area (Å²) in [6.07, 6.45) is 0. The van der Waals surface area contributed by atoms with E-state index in [0.717, 1.165) is 17.0 Å². The highest BCUT2D eigenvalue weighted by Crippen LogP contribution is 2.24. The van der Waals surface area contributed by atoms with Crippen LogP contribution >= 0.6 is 46.4 Å². The van der Waals surface area contributed by atoms with E-state index < -0.39 is 11.9 Å². The molecule has 0 aliphatic rings. The van der Waals surface area contributed by atoms with Crippen LogP contribution in [0.1, 0.15) is 32.6 Å². The molecule has 10 rings (SSSR count). The molecule has 22 nitrogen and oxygen atoms in total. The Morgan fingerprint density at radius 2 is 0.905 bits per heavy atom. The first kappa shape index (κ1) is 43.4. The number of hydrogen-bond acceptors (Lipinski definition) is 17. The van der Waals surface area contributed by atoms with E-state index in [1.165, 1.54) is 7.11 Å². The number of anilines is 2. The number of fused-ring (bicyclic) bond motifs is 4. The molecule has 8 heterocycles. The Bertz CT molecular complexity index is 3200. The summed E-state index contributed by atoms with van der Waals surface area (Å²) in [6, 6.07) is 18.7. The fourth-order valence-electron chi connectivity index (χ4n) is 5.59. The lowest BCUT2D eigenvalue weighted by Gasteiger charge is -2.03. The molecule has 0 bridgehead atoms. The number of esters is 1. The lowest BCUT2D eigenvalue weighted by atomic mass is 10.2. The fourth-order valence-corrected chi connectivity index (χ4v) is 6.43. The third-order valence-corrected chi connectivity index (χ3v) is 9.10. The van der Waals surface area contributed by atoms with Crippen LogP contribution in [0, 0.1) is 13.8 Å². The van der Waals surface area contributed by atoms with Crippen molar-refractivity contribution in [2.45, 2.75) is 13.8 Å². The number of imidazole rings is 4. The molecular formula is C37H29Cl4N19O3. The van der Waals surface area contributed by atoms with Crippen LogP contribution in [0.2, 0.25) is 20.9 Å². The van der Waals surface area contributed by atoms with Crippen molar-refractivity contribution in [1.82, 2.24) is 79.7 Å². The molecule has 0 radical (unpaired) electrons. The lowest BCUT2D eigenvalue weighted by molar-refractivity contribution is 0.0596. The van der Waals surface area contributed by atoms with Gasteiger partial charge in [0.25, 0.3) is 5.91 Å². The maximum atomic E-state index is 11.9. The monoisotopic (exact) mass is 927 g/mol. The van der Waals surface area contributed by atoms with E-state index in [-0.39, 0.29) is 39.0 Å². The van der Waals surface area contributed by atoms with Crippen LogP contribution in [0.5, 0.6) is 0 Å². The van der Waals surface area contributed by atoms with Gasteiger partial charge in [-0.15, -0.1) is 0 Å². The van der Waals surface area contributed by atoms with Crippen molar-refractivity contribution in [1.29, 1.82) is 0 Å². The fraction of sp³-hybridized carbons (Fsp3) is 0.0811. The van der Waals surface area contributed by atoms with Crippen molar-refractivity contribution in [3.8, 4) is 22.8 Å². The van der Waals surface area contributed by atoms with Crippen LogP contribution in [0.3, 0.4) is 0 Å². The number of rotatable bonds is 4. The number of ether oxygens (including phenoxy) is 1. The molecule has 26 heteroatoms. The standard InChI is InChI=1S/C14H12N4O2.C12H10N6O.C6H4Cl2N4.C5H3Cl2N5/c1-8-15-10-11(14(19)20-2)17-12(18-13(10)16-8)9-6-4-3-5-7-9;13-9(19)7-8-11(18-12(14)16-8)17-10(15-7)6-4-2-1-3-5-6;1-2-9-3-4(7)11-6(8)12-5(3)10-2;6-2-1-3(11-4(7)10-2)12-5(8)9-1/h3-7H,1-2H3,(H,15,16,17,18);1-5H,(H2,13,19)(H3,14,15,16,17,18);1H3,(H,9,10,11,12);(H3,8,9,10,11,12). The number of nitrogens with zero attached hydrogens (tertiary/aromatic N) is 12. The van der Waals surface area contributed by atoms with Gasteiger partial charge in [0.2, 0.25) is 10.6 Å². The summed E-state index contributed by atoms with van der Waals surface area (Å²) >= 11 is 22.6. The number of aromatic nitrogens is 16. The van der Waals surface area contributed by atoms with Gasteiger partial charge in [-0.25, -0.2) is 44.7 Å². The smallest absolute Gasteiger partial charge is 0.359 e. The predicted octanol–water partition coefficient (Wildman–Crippen LogP) is 6.03. The first-order chi connectivity index (χ1) is 30.2. The second-order valence-electron chi connectivity index (χ2n) is 12.6. The molecule has 0 aliphatic carbocycles. The van der Waals surface area contributed by atoms with Crippen LogP contribution in [0.15, 0.2) is 60.7 Å². The predicted molar refractivity (Wildman–Crippen MR) is 236 cm³/mol. The largest absolute Gasteiger partial charge is 0.464 e. The van der Waals surface area contributed by atoms with Gasteiger partial charge in [0, 0.05) is 11.1 Å². The van der Waals surface area contributed by atoms with E-state index in [9.17, 15) is 9.59 Å². The highest BCUT2D eigenvalue weighted by Gasteiger charge is 2.19. The van der Waals surface area contributed by atoms with E-state index in [4.69, 9.17) is 68.3 Å². The summed E-state index contributed by atoms with van der Waals surface area (Å²) in [6.45, 7) is 3.61. The zero-order valence-corrected chi connectivity index (χ0v) is 35.6. The second kappa shape index (κ2) is 18.5. The number of H-pyrrole nitrogens is 4. The number of nitrogens with one attached hydrogen (secondary N) is 4. The molecule has 0 spiro atoms. The topological polar surface area (TPSA) is 339 Å². The third kappa shape index (κ3) is 9.95. The van der Waals surface area contributed by atoms with Gasteiger partial charge >= 0.3 is 5.97 Å². The van der Waals surface area contributed by atoms with Crippen LogP contribution in [0.4, 0.5) is 11.9 Å². The second-order valence-corrected chi connectivity index (χ2v) is 14.0. The van der Waals surface area contributed by atoms with Gasteiger partial charge in [-0.1, -0.05) is 83.9 Å². The summed E-state index contributed by atoms with van der Waals surface area (Å²) in [5.41, 5.74) is 21.7. The first-order valence-electron chi connectivity index (χ1n) is 17.8. The molecule has 0 saturated heterocycles. The Labute approximate surface area is 372 Å². The minimum Gasteiger partial charge on any atom is -0.464 e. The molecular weight excluding hydrogens is 900 g/mol. The molecule has 0 fully saturated rings. The summed E-state index contributed by atoms with van der Waals surface area (Å²) in [5, 5.41) is 0.679. The van der Waals surface area contributed by atoms with Crippen molar-refractivity contribution in [2.24, 2.45) is 5.73 Å². The molecule has 8 aromatic heterocycles. The number of halogens is 4. The molecule has 10 aromatic rings. The average Bonchev–Trinajstić information content (AvgIpc) is 4.04. The van der Waals surface area contributed by atoms with E-state index in [1.54, 1.807) is 6.92 Å². The summed E-state index contributed by atoms with van der Waals surface area (Å²) in [4.78, 5) is 83.1. The number of nitrogen functional groups attached to an aromatic ring is 2. The molecule has 0 aliphatic heterocycles. The van der Waals surface area contributed by atoms with Crippen molar-refractivity contribution in [3.05, 3.63) is 105 Å². The maximum absolute atomic E-state index is 11.9. The number of methoxy groups -OCH3 is 1. The molecule has 1 amide bonds. The Hall–Kier alpha value is -7.66. The van der Waals surface area contributed by atoms with Gasteiger partial charge in [-0.3, -0.25) is 4.79 Å². The number of aromatic amines is 4.